The number of nitrogens with zero attached hydrogens (tertiary/aromatic N) is 1. The second-order valence-corrected chi connectivity index (χ2v) is 4.95. The number of hydrogen-bond acceptors (Lipinski definition) is 3. The van der Waals surface area contributed by atoms with Crippen LogP contribution in [0.2, 0.25) is 0 Å². The van der Waals surface area contributed by atoms with Crippen molar-refractivity contribution in [1.82, 2.24) is 4.98 Å². The number of rotatable bonds is 2. The lowest BCUT2D eigenvalue weighted by Gasteiger charge is -2.35. The van der Waals surface area contributed by atoms with Gasteiger partial charge in [0.1, 0.15) is 0 Å². The van der Waals surface area contributed by atoms with Crippen molar-refractivity contribution in [3.63, 3.8) is 0 Å². The van der Waals surface area contributed by atoms with E-state index in [2.05, 4.69) is 32.7 Å². The van der Waals surface area contributed by atoms with Gasteiger partial charge in [0.25, 0.3) is 0 Å². The van der Waals surface area contributed by atoms with Crippen molar-refractivity contribution < 1.29 is 9.31 Å². The van der Waals surface area contributed by atoms with E-state index in [0.717, 1.165) is 11.9 Å². The van der Waals surface area contributed by atoms with Crippen LogP contribution in [0.15, 0.2) is 24.5 Å². The molecule has 1 atom stereocenters. The molecule has 0 N–H and O–H groups in total. The van der Waals surface area contributed by atoms with Gasteiger partial charge in [0.15, 0.2) is 0 Å². The summed E-state index contributed by atoms with van der Waals surface area (Å²) >= 11 is 0. The molecule has 0 aliphatic carbocycles. The summed E-state index contributed by atoms with van der Waals surface area (Å²) in [5.41, 5.74) is 0.461. The second-order valence-electron chi connectivity index (χ2n) is 4.95. The average molecular weight is 219 g/mol. The van der Waals surface area contributed by atoms with E-state index >= 15 is 0 Å². The predicted molar refractivity (Wildman–Crippen MR) is 64.6 cm³/mol. The Morgan fingerprint density at radius 3 is 2.56 bits per heavy atom. The van der Waals surface area contributed by atoms with Crippen LogP contribution >= 0.6 is 0 Å². The lowest BCUT2D eigenvalue weighted by Crippen LogP contribution is -2.44. The van der Waals surface area contributed by atoms with Gasteiger partial charge in [-0.2, -0.15) is 0 Å². The molecule has 4 heteroatoms. The van der Waals surface area contributed by atoms with Gasteiger partial charge < -0.3 is 9.31 Å². The summed E-state index contributed by atoms with van der Waals surface area (Å²) in [6.07, 6.45) is 4.47. The Morgan fingerprint density at radius 1 is 1.31 bits per heavy atom. The van der Waals surface area contributed by atoms with Crippen LogP contribution in [-0.2, 0) is 9.31 Å². The van der Waals surface area contributed by atoms with Gasteiger partial charge in [0.2, 0.25) is 0 Å². The van der Waals surface area contributed by atoms with Crippen molar-refractivity contribution in [1.29, 1.82) is 0 Å². The minimum Gasteiger partial charge on any atom is -0.399 e. The van der Waals surface area contributed by atoms with Crippen LogP contribution in [0.3, 0.4) is 0 Å². The van der Waals surface area contributed by atoms with Crippen molar-refractivity contribution in [2.45, 2.75) is 45.3 Å². The first-order chi connectivity index (χ1) is 7.48. The fourth-order valence-electron chi connectivity index (χ4n) is 1.95. The van der Waals surface area contributed by atoms with Gasteiger partial charge in [-0.05, 0) is 33.3 Å². The maximum Gasteiger partial charge on any atom is 0.496 e. The molecule has 0 aromatic carbocycles. The molecule has 2 rings (SSSR count). The topological polar surface area (TPSA) is 31.4 Å². The highest BCUT2D eigenvalue weighted by atomic mass is 16.7. The Labute approximate surface area is 97.3 Å². The highest BCUT2D eigenvalue weighted by molar-refractivity contribution is 6.62. The summed E-state index contributed by atoms with van der Waals surface area (Å²) in [7, 11) is -0.298. The van der Waals surface area contributed by atoms with Gasteiger partial charge in [-0.15, -0.1) is 0 Å². The van der Waals surface area contributed by atoms with Crippen molar-refractivity contribution in [3.8, 4) is 0 Å². The van der Waals surface area contributed by atoms with E-state index < -0.39 is 0 Å². The molecule has 0 amide bonds. The predicted octanol–water partition coefficient (Wildman–Crippen LogP) is 1.77. The monoisotopic (exact) mass is 219 g/mol. The van der Waals surface area contributed by atoms with Crippen molar-refractivity contribution in [3.05, 3.63) is 24.5 Å². The Bertz CT molecular complexity index is 369. The first kappa shape index (κ1) is 11.6. The summed E-state index contributed by atoms with van der Waals surface area (Å²) in [5, 5.41) is 0. The van der Waals surface area contributed by atoms with E-state index in [0.29, 0.717) is 0 Å². The van der Waals surface area contributed by atoms with Crippen molar-refractivity contribution in [2.75, 3.05) is 0 Å². The SMILES string of the molecule is CCC1(C)OB(c2cccnc2)OC1(C)C. The molecule has 86 valence electrons. The smallest absolute Gasteiger partial charge is 0.399 e. The van der Waals surface area contributed by atoms with Gasteiger partial charge in [0.05, 0.1) is 11.2 Å². The summed E-state index contributed by atoms with van der Waals surface area (Å²) in [4.78, 5) is 4.09. The summed E-state index contributed by atoms with van der Waals surface area (Å²) < 4.78 is 12.0. The van der Waals surface area contributed by atoms with E-state index in [-0.39, 0.29) is 18.3 Å². The van der Waals surface area contributed by atoms with Gasteiger partial charge >= 0.3 is 7.12 Å². The molecule has 16 heavy (non-hydrogen) atoms. The highest BCUT2D eigenvalue weighted by Gasteiger charge is 2.53. The van der Waals surface area contributed by atoms with E-state index in [1.54, 1.807) is 12.4 Å². The Balaban J connectivity index is 2.25. The number of hydrogen-bond donors (Lipinski definition) is 0. The Morgan fingerprint density at radius 2 is 2.06 bits per heavy atom. The number of aromatic nitrogens is 1. The second kappa shape index (κ2) is 3.86. The molecule has 2 heterocycles. The van der Waals surface area contributed by atoms with E-state index in [1.807, 2.05) is 12.1 Å². The average Bonchev–Trinajstić information content (AvgIpc) is 2.52. The van der Waals surface area contributed by atoms with Gasteiger partial charge in [-0.25, -0.2) is 0 Å². The zero-order chi connectivity index (χ0) is 11.8. The third-order valence-corrected chi connectivity index (χ3v) is 3.67. The quantitative estimate of drug-likeness (QED) is 0.710. The normalized spacial score (nSPS) is 28.4. The minimum atomic E-state index is -0.298. The molecular formula is C12H18BNO2. The Kier molecular flexibility index (Phi) is 2.80. The number of pyridine rings is 1. The highest BCUT2D eigenvalue weighted by Crippen LogP contribution is 2.39. The minimum absolute atomic E-state index is 0.243. The lowest BCUT2D eigenvalue weighted by atomic mass is 9.80. The summed E-state index contributed by atoms with van der Waals surface area (Å²) in [6.45, 7) is 8.37. The third kappa shape index (κ3) is 1.76. The van der Waals surface area contributed by atoms with E-state index in [4.69, 9.17) is 9.31 Å². The fourth-order valence-corrected chi connectivity index (χ4v) is 1.95. The largest absolute Gasteiger partial charge is 0.496 e. The molecule has 1 saturated heterocycles. The van der Waals surface area contributed by atoms with Crippen LogP contribution in [0.1, 0.15) is 34.1 Å². The molecule has 1 aromatic heterocycles. The molecule has 0 saturated carbocycles. The molecule has 0 bridgehead atoms. The van der Waals surface area contributed by atoms with Crippen molar-refractivity contribution in [2.24, 2.45) is 0 Å². The first-order valence-electron chi connectivity index (χ1n) is 5.74. The zero-order valence-electron chi connectivity index (χ0n) is 10.4. The van der Waals surface area contributed by atoms with Crippen LogP contribution in [0.25, 0.3) is 0 Å². The molecule has 1 aliphatic rings. The standard InChI is InChI=1S/C12H18BNO2/c1-5-12(4)11(2,3)15-13(16-12)10-7-6-8-14-9-10/h6-9H,5H2,1-4H3. The maximum absolute atomic E-state index is 6.04. The maximum atomic E-state index is 6.04. The Hall–Kier alpha value is -0.865. The van der Waals surface area contributed by atoms with E-state index in [1.165, 1.54) is 0 Å². The van der Waals surface area contributed by atoms with Crippen LogP contribution in [0.5, 0.6) is 0 Å². The van der Waals surface area contributed by atoms with Crippen LogP contribution in [0.4, 0.5) is 0 Å². The summed E-state index contributed by atoms with van der Waals surface area (Å²) in [6, 6.07) is 3.88. The molecule has 0 radical (unpaired) electrons. The van der Waals surface area contributed by atoms with Gasteiger partial charge in [-0.3, -0.25) is 4.98 Å². The summed E-state index contributed by atoms with van der Waals surface area (Å²) in [5.74, 6) is 0. The first-order valence-corrected chi connectivity index (χ1v) is 5.74. The molecule has 1 aliphatic heterocycles. The molecule has 1 unspecified atom stereocenters. The zero-order valence-corrected chi connectivity index (χ0v) is 10.4. The van der Waals surface area contributed by atoms with Gasteiger partial charge in [0, 0.05) is 17.9 Å². The lowest BCUT2D eigenvalue weighted by molar-refractivity contribution is -0.0118. The molecule has 1 aromatic rings. The van der Waals surface area contributed by atoms with Crippen LogP contribution in [0, 0.1) is 0 Å². The molecule has 1 fully saturated rings. The van der Waals surface area contributed by atoms with Crippen LogP contribution in [-0.4, -0.2) is 23.3 Å². The van der Waals surface area contributed by atoms with Gasteiger partial charge in [-0.1, -0.05) is 13.0 Å². The fraction of sp³-hybridized carbons (Fsp3) is 0.583. The molecule has 3 nitrogen and oxygen atoms in total. The molecule has 0 spiro atoms. The van der Waals surface area contributed by atoms with Crippen molar-refractivity contribution >= 4 is 12.6 Å². The molecular weight excluding hydrogens is 201 g/mol. The van der Waals surface area contributed by atoms with Crippen LogP contribution < -0.4 is 5.46 Å². The van der Waals surface area contributed by atoms with E-state index in [9.17, 15) is 0 Å². The third-order valence-electron chi connectivity index (χ3n) is 3.67.